The maximum absolute atomic E-state index is 12.0. The van der Waals surface area contributed by atoms with E-state index in [4.69, 9.17) is 4.74 Å². The van der Waals surface area contributed by atoms with Crippen LogP contribution in [0, 0.1) is 0 Å². The van der Waals surface area contributed by atoms with E-state index in [1.54, 1.807) is 13.8 Å². The molecule has 1 aliphatic carbocycles. The number of nitrogens with one attached hydrogen (secondary N) is 2. The number of hydrogen-bond donors (Lipinski definition) is 2. The summed E-state index contributed by atoms with van der Waals surface area (Å²) in [5.41, 5.74) is 1.18. The number of carbonyl (C=O) groups excluding carboxylic acids is 2. The average Bonchev–Trinajstić information content (AvgIpc) is 3.11. The zero-order chi connectivity index (χ0) is 14.0. The fourth-order valence-corrected chi connectivity index (χ4v) is 2.30. The van der Waals surface area contributed by atoms with Gasteiger partial charge in [-0.2, -0.15) is 0 Å². The lowest BCUT2D eigenvalue weighted by atomic mass is 10.0. The van der Waals surface area contributed by atoms with Gasteiger partial charge < -0.3 is 15.4 Å². The van der Waals surface area contributed by atoms with Crippen molar-refractivity contribution in [1.82, 2.24) is 15.5 Å². The van der Waals surface area contributed by atoms with E-state index in [0.29, 0.717) is 30.5 Å². The summed E-state index contributed by atoms with van der Waals surface area (Å²) in [7, 11) is 2.01. The smallest absolute Gasteiger partial charge is 0.337 e. The van der Waals surface area contributed by atoms with Crippen LogP contribution in [0.25, 0.3) is 0 Å². The zero-order valence-electron chi connectivity index (χ0n) is 11.7. The molecule has 2 rings (SSSR count). The molecule has 1 aliphatic heterocycles. The minimum atomic E-state index is -0.360. The van der Waals surface area contributed by atoms with Crippen LogP contribution in [-0.2, 0) is 9.53 Å². The van der Waals surface area contributed by atoms with Crippen molar-refractivity contribution in [1.29, 1.82) is 0 Å². The van der Waals surface area contributed by atoms with Crippen molar-refractivity contribution in [2.45, 2.75) is 38.8 Å². The largest absolute Gasteiger partial charge is 0.463 e. The molecule has 1 saturated carbocycles. The maximum Gasteiger partial charge on any atom is 0.337 e. The number of urea groups is 1. The predicted molar refractivity (Wildman–Crippen MR) is 70.4 cm³/mol. The Bertz CT molecular complexity index is 415. The minimum Gasteiger partial charge on any atom is -0.463 e. The van der Waals surface area contributed by atoms with Crippen LogP contribution in [0.5, 0.6) is 0 Å². The highest BCUT2D eigenvalue weighted by Crippen LogP contribution is 2.26. The lowest BCUT2D eigenvalue weighted by molar-refractivity contribution is -0.139. The SMILES string of the molecule is CCOC(=O)C1=C(CN(C)C2CC2)NC(=O)NC1C. The van der Waals surface area contributed by atoms with Gasteiger partial charge in [0, 0.05) is 18.3 Å². The first-order valence-electron chi connectivity index (χ1n) is 6.70. The Morgan fingerprint density at radius 2 is 2.16 bits per heavy atom. The summed E-state index contributed by atoms with van der Waals surface area (Å²) in [6.45, 7) is 4.46. The summed E-state index contributed by atoms with van der Waals surface area (Å²) in [4.78, 5) is 25.7. The number of nitrogens with zero attached hydrogens (tertiary/aromatic N) is 1. The van der Waals surface area contributed by atoms with E-state index in [0.717, 1.165) is 0 Å². The van der Waals surface area contributed by atoms with Crippen LogP contribution in [-0.4, -0.2) is 49.2 Å². The molecule has 1 unspecified atom stereocenters. The Morgan fingerprint density at radius 1 is 1.47 bits per heavy atom. The first kappa shape index (κ1) is 13.9. The van der Waals surface area contributed by atoms with Gasteiger partial charge in [-0.15, -0.1) is 0 Å². The Kier molecular flexibility index (Phi) is 4.09. The fraction of sp³-hybridized carbons (Fsp3) is 0.692. The molecule has 0 radical (unpaired) electrons. The zero-order valence-corrected chi connectivity index (χ0v) is 11.7. The van der Waals surface area contributed by atoms with Gasteiger partial charge in [0.2, 0.25) is 0 Å². The summed E-state index contributed by atoms with van der Waals surface area (Å²) in [5, 5.41) is 5.43. The number of amides is 2. The number of hydrogen-bond acceptors (Lipinski definition) is 4. The molecule has 2 N–H and O–H groups in total. The van der Waals surface area contributed by atoms with Gasteiger partial charge in [0.15, 0.2) is 0 Å². The van der Waals surface area contributed by atoms with Gasteiger partial charge in [-0.3, -0.25) is 4.90 Å². The summed E-state index contributed by atoms with van der Waals surface area (Å²) in [6.07, 6.45) is 2.36. The average molecular weight is 267 g/mol. The molecular weight excluding hydrogens is 246 g/mol. The van der Waals surface area contributed by atoms with Crippen LogP contribution in [0.1, 0.15) is 26.7 Å². The van der Waals surface area contributed by atoms with Gasteiger partial charge in [-0.05, 0) is 33.7 Å². The normalized spacial score (nSPS) is 23.2. The Balaban J connectivity index is 2.19. The Morgan fingerprint density at radius 3 is 2.74 bits per heavy atom. The maximum atomic E-state index is 12.0. The second-order valence-electron chi connectivity index (χ2n) is 5.08. The number of likely N-dealkylation sites (N-methyl/N-ethyl adjacent to an activating group) is 1. The van der Waals surface area contributed by atoms with E-state index in [2.05, 4.69) is 15.5 Å². The van der Waals surface area contributed by atoms with Crippen LogP contribution in [0.2, 0.25) is 0 Å². The van der Waals surface area contributed by atoms with Crippen molar-refractivity contribution in [3.05, 3.63) is 11.3 Å². The second kappa shape index (κ2) is 5.61. The summed E-state index contributed by atoms with van der Waals surface area (Å²) in [5.74, 6) is -0.360. The molecule has 6 nitrogen and oxygen atoms in total. The fourth-order valence-electron chi connectivity index (χ4n) is 2.30. The van der Waals surface area contributed by atoms with Gasteiger partial charge in [0.1, 0.15) is 0 Å². The molecule has 0 bridgehead atoms. The first-order chi connectivity index (χ1) is 9.02. The van der Waals surface area contributed by atoms with Gasteiger partial charge in [0.05, 0.1) is 18.2 Å². The molecule has 6 heteroatoms. The van der Waals surface area contributed by atoms with E-state index in [1.807, 2.05) is 7.05 Å². The molecule has 1 atom stereocenters. The van der Waals surface area contributed by atoms with E-state index in [1.165, 1.54) is 12.8 Å². The van der Waals surface area contributed by atoms with Crippen LogP contribution >= 0.6 is 0 Å². The third kappa shape index (κ3) is 3.26. The number of carbonyl (C=O) groups is 2. The highest BCUT2D eigenvalue weighted by Gasteiger charge is 2.32. The van der Waals surface area contributed by atoms with Gasteiger partial charge in [-0.1, -0.05) is 0 Å². The molecule has 2 aliphatic rings. The van der Waals surface area contributed by atoms with Crippen molar-refractivity contribution < 1.29 is 14.3 Å². The van der Waals surface area contributed by atoms with E-state index < -0.39 is 0 Å². The molecule has 19 heavy (non-hydrogen) atoms. The van der Waals surface area contributed by atoms with Gasteiger partial charge in [-0.25, -0.2) is 9.59 Å². The Labute approximate surface area is 113 Å². The van der Waals surface area contributed by atoms with E-state index in [9.17, 15) is 9.59 Å². The summed E-state index contributed by atoms with van der Waals surface area (Å²) >= 11 is 0. The van der Waals surface area contributed by atoms with Crippen molar-refractivity contribution >= 4 is 12.0 Å². The van der Waals surface area contributed by atoms with Crippen LogP contribution in [0.3, 0.4) is 0 Å². The van der Waals surface area contributed by atoms with Crippen LogP contribution in [0.15, 0.2) is 11.3 Å². The molecule has 0 aromatic rings. The van der Waals surface area contributed by atoms with Crippen molar-refractivity contribution in [2.24, 2.45) is 0 Å². The molecule has 0 saturated heterocycles. The number of esters is 1. The first-order valence-corrected chi connectivity index (χ1v) is 6.70. The highest BCUT2D eigenvalue weighted by atomic mass is 16.5. The van der Waals surface area contributed by atoms with E-state index >= 15 is 0 Å². The highest BCUT2D eigenvalue weighted by molar-refractivity contribution is 5.94. The minimum absolute atomic E-state index is 0.264. The number of ether oxygens (including phenoxy) is 1. The summed E-state index contributed by atoms with van der Waals surface area (Å²) in [6, 6.07) is -0.0202. The van der Waals surface area contributed by atoms with Crippen LogP contribution in [0.4, 0.5) is 4.79 Å². The van der Waals surface area contributed by atoms with E-state index in [-0.39, 0.29) is 18.0 Å². The van der Waals surface area contributed by atoms with Gasteiger partial charge >= 0.3 is 12.0 Å². The third-order valence-electron chi connectivity index (χ3n) is 3.44. The lowest BCUT2D eigenvalue weighted by Crippen LogP contribution is -2.51. The summed E-state index contributed by atoms with van der Waals surface area (Å²) < 4.78 is 5.07. The molecule has 0 spiro atoms. The molecule has 106 valence electrons. The molecule has 1 fully saturated rings. The van der Waals surface area contributed by atoms with Crippen LogP contribution < -0.4 is 10.6 Å². The molecule has 0 aromatic heterocycles. The molecule has 2 amide bonds. The van der Waals surface area contributed by atoms with Gasteiger partial charge in [0.25, 0.3) is 0 Å². The second-order valence-corrected chi connectivity index (χ2v) is 5.08. The van der Waals surface area contributed by atoms with Crippen molar-refractivity contribution in [3.63, 3.8) is 0 Å². The molecular formula is C13H21N3O3. The standard InChI is InChI=1S/C13H21N3O3/c1-4-19-12(17)11-8(2)14-13(18)15-10(11)7-16(3)9-5-6-9/h8-9H,4-7H2,1-3H3,(H2,14,15,18). The number of rotatable bonds is 5. The lowest BCUT2D eigenvalue weighted by Gasteiger charge is -2.29. The van der Waals surface area contributed by atoms with Crippen molar-refractivity contribution in [2.75, 3.05) is 20.2 Å². The molecule has 1 heterocycles. The monoisotopic (exact) mass is 267 g/mol. The third-order valence-corrected chi connectivity index (χ3v) is 3.44. The topological polar surface area (TPSA) is 70.7 Å². The molecule has 0 aromatic carbocycles. The quantitative estimate of drug-likeness (QED) is 0.716. The van der Waals surface area contributed by atoms with Crippen molar-refractivity contribution in [3.8, 4) is 0 Å². The Hall–Kier alpha value is -1.56. The predicted octanol–water partition coefficient (Wildman–Crippen LogP) is 0.599.